The molecule has 1 nitrogen and oxygen atoms in total. The number of benzene rings is 2. The van der Waals surface area contributed by atoms with Gasteiger partial charge >= 0.3 is 0 Å². The number of para-hydroxylation sites is 1. The summed E-state index contributed by atoms with van der Waals surface area (Å²) in [6.07, 6.45) is 1.05. The molecule has 2 aromatic carbocycles. The summed E-state index contributed by atoms with van der Waals surface area (Å²) in [7, 11) is 0. The number of hydrogen-bond acceptors (Lipinski definition) is 1. The molecule has 0 unspecified atom stereocenters. The SMILES string of the molecule is CC(C)(C)CCOc1ccccc1-c1ccccc1. The minimum atomic E-state index is 0.307. The second-order valence-corrected chi connectivity index (χ2v) is 6.02. The van der Waals surface area contributed by atoms with Crippen LogP contribution >= 0.6 is 0 Å². The van der Waals surface area contributed by atoms with Crippen LogP contribution in [0.25, 0.3) is 11.1 Å². The second kappa shape index (κ2) is 5.92. The minimum absolute atomic E-state index is 0.307. The maximum Gasteiger partial charge on any atom is 0.127 e. The summed E-state index contributed by atoms with van der Waals surface area (Å²) in [6, 6.07) is 18.6. The van der Waals surface area contributed by atoms with E-state index in [2.05, 4.69) is 57.2 Å². The molecule has 0 aliphatic rings. The first kappa shape index (κ1) is 13.7. The zero-order valence-electron chi connectivity index (χ0n) is 12.0. The second-order valence-electron chi connectivity index (χ2n) is 6.02. The van der Waals surface area contributed by atoms with E-state index in [1.165, 1.54) is 5.56 Å². The van der Waals surface area contributed by atoms with Crippen LogP contribution in [0, 0.1) is 5.41 Å². The van der Waals surface area contributed by atoms with Crippen molar-refractivity contribution >= 4 is 0 Å². The van der Waals surface area contributed by atoms with Gasteiger partial charge in [0.25, 0.3) is 0 Å². The van der Waals surface area contributed by atoms with Crippen molar-refractivity contribution in [1.29, 1.82) is 0 Å². The third-order valence-corrected chi connectivity index (χ3v) is 3.08. The molecule has 0 aliphatic heterocycles. The molecule has 0 aliphatic carbocycles. The van der Waals surface area contributed by atoms with E-state index >= 15 is 0 Å². The van der Waals surface area contributed by atoms with Gasteiger partial charge in [-0.15, -0.1) is 0 Å². The van der Waals surface area contributed by atoms with Crippen LogP contribution in [-0.4, -0.2) is 6.61 Å². The summed E-state index contributed by atoms with van der Waals surface area (Å²) < 4.78 is 5.97. The molecule has 0 heterocycles. The van der Waals surface area contributed by atoms with Crippen LogP contribution in [0.15, 0.2) is 54.6 Å². The van der Waals surface area contributed by atoms with Gasteiger partial charge in [0.1, 0.15) is 5.75 Å². The molecule has 2 aromatic rings. The first-order valence-electron chi connectivity index (χ1n) is 6.83. The van der Waals surface area contributed by atoms with E-state index in [0.717, 1.165) is 24.3 Å². The Balaban J connectivity index is 2.14. The van der Waals surface area contributed by atoms with Crippen molar-refractivity contribution in [3.63, 3.8) is 0 Å². The van der Waals surface area contributed by atoms with Gasteiger partial charge in [-0.05, 0) is 23.5 Å². The molecule has 0 atom stereocenters. The van der Waals surface area contributed by atoms with Crippen molar-refractivity contribution in [2.24, 2.45) is 5.41 Å². The maximum absolute atomic E-state index is 5.97. The number of hydrogen-bond donors (Lipinski definition) is 0. The van der Waals surface area contributed by atoms with Gasteiger partial charge in [0.15, 0.2) is 0 Å². The summed E-state index contributed by atoms with van der Waals surface area (Å²) in [5, 5.41) is 0. The molecule has 1 heteroatoms. The van der Waals surface area contributed by atoms with E-state index in [1.54, 1.807) is 0 Å². The lowest BCUT2D eigenvalue weighted by Gasteiger charge is -2.19. The smallest absolute Gasteiger partial charge is 0.127 e. The Morgan fingerprint density at radius 1 is 0.842 bits per heavy atom. The molecular weight excluding hydrogens is 232 g/mol. The van der Waals surface area contributed by atoms with Crippen molar-refractivity contribution in [1.82, 2.24) is 0 Å². The van der Waals surface area contributed by atoms with Crippen molar-refractivity contribution in [3.8, 4) is 16.9 Å². The monoisotopic (exact) mass is 254 g/mol. The lowest BCUT2D eigenvalue weighted by atomic mass is 9.93. The molecule has 2 rings (SSSR count). The Morgan fingerprint density at radius 3 is 2.16 bits per heavy atom. The number of rotatable bonds is 4. The topological polar surface area (TPSA) is 9.23 Å². The maximum atomic E-state index is 5.97. The van der Waals surface area contributed by atoms with Crippen LogP contribution in [0.3, 0.4) is 0 Å². The Hall–Kier alpha value is -1.76. The average molecular weight is 254 g/mol. The average Bonchev–Trinajstić information content (AvgIpc) is 2.39. The van der Waals surface area contributed by atoms with Gasteiger partial charge in [-0.1, -0.05) is 69.3 Å². The summed E-state index contributed by atoms with van der Waals surface area (Å²) in [5.74, 6) is 0.970. The molecule has 0 bridgehead atoms. The molecule has 0 amide bonds. The first-order chi connectivity index (χ1) is 9.06. The van der Waals surface area contributed by atoms with Crippen molar-refractivity contribution in [2.75, 3.05) is 6.61 Å². The quantitative estimate of drug-likeness (QED) is 0.731. The van der Waals surface area contributed by atoms with Crippen molar-refractivity contribution < 1.29 is 4.74 Å². The van der Waals surface area contributed by atoms with Gasteiger partial charge < -0.3 is 4.74 Å². The molecule has 100 valence electrons. The fourth-order valence-electron chi connectivity index (χ4n) is 1.92. The molecule has 0 radical (unpaired) electrons. The zero-order valence-corrected chi connectivity index (χ0v) is 12.0. The normalized spacial score (nSPS) is 11.3. The van der Waals surface area contributed by atoms with Crippen molar-refractivity contribution in [3.05, 3.63) is 54.6 Å². The molecule has 0 aromatic heterocycles. The first-order valence-corrected chi connectivity index (χ1v) is 6.83. The van der Waals surface area contributed by atoms with E-state index in [9.17, 15) is 0 Å². The molecule has 0 spiro atoms. The van der Waals surface area contributed by atoms with Crippen LogP contribution in [0.5, 0.6) is 5.75 Å². The molecule has 0 saturated carbocycles. The Bertz CT molecular complexity index is 509. The molecule has 19 heavy (non-hydrogen) atoms. The third-order valence-electron chi connectivity index (χ3n) is 3.08. The van der Waals surface area contributed by atoms with Crippen LogP contribution in [-0.2, 0) is 0 Å². The molecule has 0 fully saturated rings. The van der Waals surface area contributed by atoms with Crippen LogP contribution in [0.4, 0.5) is 0 Å². The predicted octanol–water partition coefficient (Wildman–Crippen LogP) is 5.17. The van der Waals surface area contributed by atoms with Gasteiger partial charge in [-0.2, -0.15) is 0 Å². The molecule has 0 saturated heterocycles. The lowest BCUT2D eigenvalue weighted by molar-refractivity contribution is 0.244. The highest BCUT2D eigenvalue weighted by Crippen LogP contribution is 2.30. The highest BCUT2D eigenvalue weighted by atomic mass is 16.5. The minimum Gasteiger partial charge on any atom is -0.493 e. The van der Waals surface area contributed by atoms with Gasteiger partial charge in [0.2, 0.25) is 0 Å². The molecule has 0 N–H and O–H groups in total. The van der Waals surface area contributed by atoms with E-state index in [4.69, 9.17) is 4.74 Å². The number of ether oxygens (including phenoxy) is 1. The zero-order chi connectivity index (χ0) is 13.7. The lowest BCUT2D eigenvalue weighted by Crippen LogP contribution is -2.11. The van der Waals surface area contributed by atoms with Gasteiger partial charge in [-0.25, -0.2) is 0 Å². The Kier molecular flexibility index (Phi) is 4.26. The van der Waals surface area contributed by atoms with E-state index in [-0.39, 0.29) is 0 Å². The highest BCUT2D eigenvalue weighted by Gasteiger charge is 2.11. The van der Waals surface area contributed by atoms with Gasteiger partial charge in [0, 0.05) is 5.56 Å². The largest absolute Gasteiger partial charge is 0.493 e. The van der Waals surface area contributed by atoms with E-state index in [1.807, 2.05) is 18.2 Å². The summed E-state index contributed by atoms with van der Waals surface area (Å²) >= 11 is 0. The molecular formula is C18H22O. The van der Waals surface area contributed by atoms with Gasteiger partial charge in [-0.3, -0.25) is 0 Å². The van der Waals surface area contributed by atoms with Crippen LogP contribution < -0.4 is 4.74 Å². The third kappa shape index (κ3) is 4.13. The summed E-state index contributed by atoms with van der Waals surface area (Å²) in [4.78, 5) is 0. The Labute approximate surface area is 116 Å². The van der Waals surface area contributed by atoms with Crippen LogP contribution in [0.2, 0.25) is 0 Å². The fraction of sp³-hybridized carbons (Fsp3) is 0.333. The predicted molar refractivity (Wildman–Crippen MR) is 81.4 cm³/mol. The van der Waals surface area contributed by atoms with Gasteiger partial charge in [0.05, 0.1) is 6.61 Å². The Morgan fingerprint density at radius 2 is 1.47 bits per heavy atom. The highest BCUT2D eigenvalue weighted by molar-refractivity contribution is 5.70. The van der Waals surface area contributed by atoms with Crippen molar-refractivity contribution in [2.45, 2.75) is 27.2 Å². The summed E-state index contributed by atoms with van der Waals surface area (Å²) in [6.45, 7) is 7.46. The standard InChI is InChI=1S/C18H22O/c1-18(2,3)13-14-19-17-12-8-7-11-16(17)15-9-5-4-6-10-15/h4-12H,13-14H2,1-3H3. The summed E-state index contributed by atoms with van der Waals surface area (Å²) in [5.41, 5.74) is 2.67. The van der Waals surface area contributed by atoms with E-state index in [0.29, 0.717) is 5.41 Å². The fourth-order valence-corrected chi connectivity index (χ4v) is 1.92. The van der Waals surface area contributed by atoms with E-state index < -0.39 is 0 Å². The van der Waals surface area contributed by atoms with Crippen LogP contribution in [0.1, 0.15) is 27.2 Å².